The number of likely N-dealkylation sites (tertiary alicyclic amines) is 1. The fourth-order valence-electron chi connectivity index (χ4n) is 4.37. The van der Waals surface area contributed by atoms with Crippen molar-refractivity contribution in [1.29, 1.82) is 0 Å². The van der Waals surface area contributed by atoms with Gasteiger partial charge in [0.2, 0.25) is 0 Å². The fourth-order valence-corrected chi connectivity index (χ4v) is 4.37. The number of aromatic nitrogens is 2. The van der Waals surface area contributed by atoms with Gasteiger partial charge in [0.1, 0.15) is 0 Å². The number of nitrogens with zero attached hydrogens (tertiary/aromatic N) is 3. The lowest BCUT2D eigenvalue weighted by Gasteiger charge is -2.33. The molecule has 1 aromatic carbocycles. The van der Waals surface area contributed by atoms with Gasteiger partial charge in [-0.25, -0.2) is 14.6 Å². The minimum Gasteiger partial charge on any atom is -0.335 e. The van der Waals surface area contributed by atoms with Crippen LogP contribution in [0.25, 0.3) is 0 Å². The third kappa shape index (κ3) is 6.23. The zero-order chi connectivity index (χ0) is 21.5. The van der Waals surface area contributed by atoms with Crippen LogP contribution >= 0.6 is 0 Å². The Kier molecular flexibility index (Phi) is 7.07. The standard InChI is InChI=1S/C23H32N6O2/c30-22(25-19-4-2-1-3-5-19)26-21-10-13-29(14-11-21)23(31)27-20-8-6-18(7-9-20)16-28-15-12-24-17-28/h6-9,12,15,17,19,21H,1-5,10-11,13-14,16H2,(H,27,31)(H2,25,26,30). The maximum Gasteiger partial charge on any atom is 0.321 e. The summed E-state index contributed by atoms with van der Waals surface area (Å²) in [6.45, 7) is 2.03. The molecule has 2 fully saturated rings. The second-order valence-corrected chi connectivity index (χ2v) is 8.58. The second-order valence-electron chi connectivity index (χ2n) is 8.58. The first-order valence-electron chi connectivity index (χ1n) is 11.3. The van der Waals surface area contributed by atoms with Gasteiger partial charge in [0.25, 0.3) is 0 Å². The third-order valence-electron chi connectivity index (χ3n) is 6.19. The molecule has 2 aliphatic rings. The zero-order valence-electron chi connectivity index (χ0n) is 17.9. The van der Waals surface area contributed by atoms with E-state index in [1.807, 2.05) is 39.9 Å². The Hall–Kier alpha value is -3.03. The topological polar surface area (TPSA) is 91.3 Å². The van der Waals surface area contributed by atoms with Crippen molar-refractivity contribution in [1.82, 2.24) is 25.1 Å². The van der Waals surface area contributed by atoms with Crippen LogP contribution in [0.4, 0.5) is 15.3 Å². The molecule has 8 heteroatoms. The number of carbonyl (C=O) groups is 2. The van der Waals surface area contributed by atoms with Crippen molar-refractivity contribution < 1.29 is 9.59 Å². The molecule has 0 radical (unpaired) electrons. The van der Waals surface area contributed by atoms with E-state index in [0.29, 0.717) is 19.1 Å². The molecule has 8 nitrogen and oxygen atoms in total. The molecule has 2 heterocycles. The Balaban J connectivity index is 1.18. The lowest BCUT2D eigenvalue weighted by atomic mass is 9.96. The van der Waals surface area contributed by atoms with Crippen LogP contribution in [0.15, 0.2) is 43.0 Å². The summed E-state index contributed by atoms with van der Waals surface area (Å²) in [6, 6.07) is 8.15. The Morgan fingerprint density at radius 2 is 1.61 bits per heavy atom. The van der Waals surface area contributed by atoms with Gasteiger partial charge < -0.3 is 25.4 Å². The van der Waals surface area contributed by atoms with Gasteiger partial charge in [0.15, 0.2) is 0 Å². The quantitative estimate of drug-likeness (QED) is 0.685. The third-order valence-corrected chi connectivity index (χ3v) is 6.19. The number of imidazole rings is 1. The largest absolute Gasteiger partial charge is 0.335 e. The summed E-state index contributed by atoms with van der Waals surface area (Å²) in [5.41, 5.74) is 1.93. The predicted octanol–water partition coefficient (Wildman–Crippen LogP) is 3.56. The number of amides is 4. The molecule has 4 amide bonds. The molecule has 166 valence electrons. The van der Waals surface area contributed by atoms with Gasteiger partial charge in [-0.2, -0.15) is 0 Å². The molecule has 4 rings (SSSR count). The Bertz CT molecular complexity index is 837. The molecule has 3 N–H and O–H groups in total. The predicted molar refractivity (Wildman–Crippen MR) is 120 cm³/mol. The van der Waals surface area contributed by atoms with Crippen LogP contribution in [-0.2, 0) is 6.54 Å². The summed E-state index contributed by atoms with van der Waals surface area (Å²) in [6.07, 6.45) is 12.9. The van der Waals surface area contributed by atoms with Crippen LogP contribution in [0, 0.1) is 0 Å². The van der Waals surface area contributed by atoms with Crippen LogP contribution in [0.3, 0.4) is 0 Å². The second kappa shape index (κ2) is 10.3. The van der Waals surface area contributed by atoms with Crippen molar-refractivity contribution >= 4 is 17.7 Å². The first-order valence-corrected chi connectivity index (χ1v) is 11.3. The van der Waals surface area contributed by atoms with Gasteiger partial charge in [0, 0.05) is 49.8 Å². The number of benzene rings is 1. The van der Waals surface area contributed by atoms with E-state index in [1.165, 1.54) is 19.3 Å². The minimum atomic E-state index is -0.0903. The fraction of sp³-hybridized carbons (Fsp3) is 0.522. The first kappa shape index (κ1) is 21.2. The molecule has 31 heavy (non-hydrogen) atoms. The first-order chi connectivity index (χ1) is 15.2. The van der Waals surface area contributed by atoms with E-state index in [9.17, 15) is 9.59 Å². The van der Waals surface area contributed by atoms with E-state index in [4.69, 9.17) is 0 Å². The average molecular weight is 425 g/mol. The highest BCUT2D eigenvalue weighted by molar-refractivity contribution is 5.89. The normalized spacial score (nSPS) is 17.9. The molecule has 0 atom stereocenters. The van der Waals surface area contributed by atoms with Gasteiger partial charge in [-0.3, -0.25) is 0 Å². The molecule has 1 saturated carbocycles. The molecule has 1 aliphatic heterocycles. The number of urea groups is 2. The highest BCUT2D eigenvalue weighted by Gasteiger charge is 2.25. The minimum absolute atomic E-state index is 0.0643. The van der Waals surface area contributed by atoms with Gasteiger partial charge >= 0.3 is 12.1 Å². The molecule has 1 aromatic heterocycles. The Morgan fingerprint density at radius 1 is 0.935 bits per heavy atom. The number of hydrogen-bond donors (Lipinski definition) is 3. The maximum atomic E-state index is 12.6. The highest BCUT2D eigenvalue weighted by Crippen LogP contribution is 2.18. The SMILES string of the molecule is O=C(NC1CCCCC1)NC1CCN(C(=O)Nc2ccc(Cn3ccnc3)cc2)CC1. The van der Waals surface area contributed by atoms with E-state index in [0.717, 1.165) is 43.5 Å². The van der Waals surface area contributed by atoms with Gasteiger partial charge in [-0.05, 0) is 43.4 Å². The van der Waals surface area contributed by atoms with Crippen LogP contribution < -0.4 is 16.0 Å². The molecular weight excluding hydrogens is 392 g/mol. The molecule has 1 aliphatic carbocycles. The number of piperidine rings is 1. The molecule has 0 bridgehead atoms. The molecule has 2 aromatic rings. The van der Waals surface area contributed by atoms with Crippen molar-refractivity contribution in [3.63, 3.8) is 0 Å². The summed E-state index contributed by atoms with van der Waals surface area (Å²) < 4.78 is 2.00. The lowest BCUT2D eigenvalue weighted by molar-refractivity contribution is 0.186. The van der Waals surface area contributed by atoms with Crippen LogP contribution in [0.1, 0.15) is 50.5 Å². The summed E-state index contributed by atoms with van der Waals surface area (Å²) in [5.74, 6) is 0. The summed E-state index contributed by atoms with van der Waals surface area (Å²) >= 11 is 0. The molecule has 0 unspecified atom stereocenters. The lowest BCUT2D eigenvalue weighted by Crippen LogP contribution is -2.51. The number of anilines is 1. The van der Waals surface area contributed by atoms with Gasteiger partial charge in [-0.15, -0.1) is 0 Å². The number of rotatable bonds is 5. The van der Waals surface area contributed by atoms with Crippen molar-refractivity contribution in [2.45, 2.75) is 63.6 Å². The van der Waals surface area contributed by atoms with Crippen molar-refractivity contribution in [3.05, 3.63) is 48.5 Å². The van der Waals surface area contributed by atoms with Crippen LogP contribution in [0.2, 0.25) is 0 Å². The van der Waals surface area contributed by atoms with E-state index in [-0.39, 0.29) is 18.1 Å². The van der Waals surface area contributed by atoms with Crippen LogP contribution in [-0.4, -0.2) is 51.7 Å². The smallest absolute Gasteiger partial charge is 0.321 e. The summed E-state index contributed by atoms with van der Waals surface area (Å²) in [4.78, 5) is 30.7. The maximum absolute atomic E-state index is 12.6. The molecular formula is C23H32N6O2. The van der Waals surface area contributed by atoms with Crippen LogP contribution in [0.5, 0.6) is 0 Å². The van der Waals surface area contributed by atoms with E-state index < -0.39 is 0 Å². The summed E-state index contributed by atoms with van der Waals surface area (Å²) in [7, 11) is 0. The van der Waals surface area contributed by atoms with Crippen molar-refractivity contribution in [2.75, 3.05) is 18.4 Å². The molecule has 1 saturated heterocycles. The Labute approximate surface area is 183 Å². The van der Waals surface area contributed by atoms with Crippen molar-refractivity contribution in [2.24, 2.45) is 0 Å². The van der Waals surface area contributed by atoms with Gasteiger partial charge in [0.05, 0.1) is 6.33 Å². The van der Waals surface area contributed by atoms with Gasteiger partial charge in [-0.1, -0.05) is 31.4 Å². The van der Waals surface area contributed by atoms with E-state index >= 15 is 0 Å². The van der Waals surface area contributed by atoms with E-state index in [2.05, 4.69) is 20.9 Å². The molecule has 0 spiro atoms. The average Bonchev–Trinajstić information content (AvgIpc) is 3.29. The monoisotopic (exact) mass is 424 g/mol. The number of carbonyl (C=O) groups excluding carboxylic acids is 2. The number of hydrogen-bond acceptors (Lipinski definition) is 3. The number of nitrogens with one attached hydrogen (secondary N) is 3. The Morgan fingerprint density at radius 3 is 2.26 bits per heavy atom. The zero-order valence-corrected chi connectivity index (χ0v) is 17.9. The van der Waals surface area contributed by atoms with Crippen molar-refractivity contribution in [3.8, 4) is 0 Å². The van der Waals surface area contributed by atoms with E-state index in [1.54, 1.807) is 12.5 Å². The highest BCUT2D eigenvalue weighted by atomic mass is 16.2. The summed E-state index contributed by atoms with van der Waals surface area (Å²) in [5, 5.41) is 9.16.